The van der Waals surface area contributed by atoms with Gasteiger partial charge in [0.2, 0.25) is 5.91 Å². The Kier molecular flexibility index (Phi) is 5.01. The van der Waals surface area contributed by atoms with Crippen LogP contribution in [0.1, 0.15) is 32.2 Å². The van der Waals surface area contributed by atoms with Gasteiger partial charge in [0.05, 0.1) is 12.0 Å². The molecular formula is C18H23N5O3. The fraction of sp³-hybridized carbons (Fsp3) is 0.500. The van der Waals surface area contributed by atoms with E-state index in [4.69, 9.17) is 4.74 Å². The number of nitrogens with one attached hydrogen (secondary N) is 1. The maximum Gasteiger partial charge on any atom is 0.416 e. The van der Waals surface area contributed by atoms with Crippen molar-refractivity contribution in [2.75, 3.05) is 6.61 Å². The van der Waals surface area contributed by atoms with E-state index in [2.05, 4.69) is 20.6 Å². The number of imide groups is 1. The van der Waals surface area contributed by atoms with Crippen molar-refractivity contribution < 1.29 is 14.3 Å². The molecule has 1 aliphatic rings. The molecule has 1 N–H and O–H groups in total. The van der Waals surface area contributed by atoms with Crippen molar-refractivity contribution in [2.24, 2.45) is 11.3 Å². The number of aromatic amines is 1. The average Bonchev–Trinajstić information content (AvgIpc) is 3.22. The van der Waals surface area contributed by atoms with Crippen LogP contribution in [0.15, 0.2) is 30.3 Å². The summed E-state index contributed by atoms with van der Waals surface area (Å²) < 4.78 is 5.19. The lowest BCUT2D eigenvalue weighted by Crippen LogP contribution is -2.47. The third-order valence-electron chi connectivity index (χ3n) is 4.64. The second kappa shape index (κ2) is 7.23. The molecule has 8 heteroatoms. The summed E-state index contributed by atoms with van der Waals surface area (Å²) in [5.41, 5.74) is 0.685. The first-order chi connectivity index (χ1) is 12.4. The molecule has 1 aromatic carbocycles. The smallest absolute Gasteiger partial charge is 0.416 e. The van der Waals surface area contributed by atoms with Crippen LogP contribution in [0, 0.1) is 11.3 Å². The fourth-order valence-electron chi connectivity index (χ4n) is 3.16. The van der Waals surface area contributed by atoms with Gasteiger partial charge in [-0.2, -0.15) is 0 Å². The Labute approximate surface area is 151 Å². The van der Waals surface area contributed by atoms with E-state index >= 15 is 0 Å². The number of carbonyl (C=O) groups excluding carboxylic acids is 2. The van der Waals surface area contributed by atoms with Gasteiger partial charge in [-0.05, 0) is 27.8 Å². The van der Waals surface area contributed by atoms with Crippen molar-refractivity contribution in [1.82, 2.24) is 25.5 Å². The molecule has 2 heterocycles. The van der Waals surface area contributed by atoms with Crippen LogP contribution < -0.4 is 0 Å². The molecule has 2 aromatic rings. The van der Waals surface area contributed by atoms with E-state index in [9.17, 15) is 9.59 Å². The summed E-state index contributed by atoms with van der Waals surface area (Å²) in [4.78, 5) is 26.8. The quantitative estimate of drug-likeness (QED) is 0.878. The second-order valence-corrected chi connectivity index (χ2v) is 7.60. The predicted molar refractivity (Wildman–Crippen MR) is 93.0 cm³/mol. The summed E-state index contributed by atoms with van der Waals surface area (Å²) in [6.07, 6.45) is 0.317. The van der Waals surface area contributed by atoms with Crippen LogP contribution in [-0.4, -0.2) is 50.2 Å². The number of carbonyl (C=O) groups is 2. The maximum absolute atomic E-state index is 13.3. The number of nitrogens with zero attached hydrogens (tertiary/aromatic N) is 4. The molecule has 3 rings (SSSR count). The van der Waals surface area contributed by atoms with Gasteiger partial charge < -0.3 is 4.74 Å². The first-order valence-electron chi connectivity index (χ1n) is 8.62. The Hall–Kier alpha value is -2.77. The minimum absolute atomic E-state index is 0.209. The SMILES string of the molecule is CC(C)(C)[C@@H](Cc1nnn[nH]1)C(=O)N1C(=O)OC[C@H]1Cc1ccccc1. The molecule has 1 aromatic heterocycles. The summed E-state index contributed by atoms with van der Waals surface area (Å²) >= 11 is 0. The van der Waals surface area contributed by atoms with Crippen LogP contribution in [0.2, 0.25) is 0 Å². The van der Waals surface area contributed by atoms with Crippen LogP contribution in [0.5, 0.6) is 0 Å². The minimum atomic E-state index is -0.583. The highest BCUT2D eigenvalue weighted by atomic mass is 16.6. The summed E-state index contributed by atoms with van der Waals surface area (Å²) in [5.74, 6) is -0.191. The van der Waals surface area contributed by atoms with E-state index < -0.39 is 12.0 Å². The van der Waals surface area contributed by atoms with Crippen LogP contribution in [-0.2, 0) is 22.4 Å². The Morgan fingerprint density at radius 3 is 2.69 bits per heavy atom. The van der Waals surface area contributed by atoms with Crippen LogP contribution >= 0.6 is 0 Å². The molecule has 0 saturated carbocycles. The number of benzene rings is 1. The van der Waals surface area contributed by atoms with Gasteiger partial charge in [0, 0.05) is 6.42 Å². The molecule has 26 heavy (non-hydrogen) atoms. The molecule has 2 atom stereocenters. The zero-order valence-electron chi connectivity index (χ0n) is 15.2. The van der Waals surface area contributed by atoms with Crippen molar-refractivity contribution in [3.05, 3.63) is 41.7 Å². The monoisotopic (exact) mass is 357 g/mol. The maximum atomic E-state index is 13.3. The van der Waals surface area contributed by atoms with Crippen molar-refractivity contribution in [3.8, 4) is 0 Å². The number of hydrogen-bond acceptors (Lipinski definition) is 6. The molecule has 138 valence electrons. The molecule has 1 aliphatic heterocycles. The number of cyclic esters (lactones) is 1. The number of tetrazole rings is 1. The number of hydrogen-bond donors (Lipinski definition) is 1. The third kappa shape index (κ3) is 3.89. The van der Waals surface area contributed by atoms with Gasteiger partial charge in [-0.25, -0.2) is 14.8 Å². The summed E-state index contributed by atoms with van der Waals surface area (Å²) in [5, 5.41) is 13.7. The van der Waals surface area contributed by atoms with Crippen molar-refractivity contribution in [3.63, 3.8) is 0 Å². The van der Waals surface area contributed by atoms with E-state index in [-0.39, 0.29) is 24.0 Å². The highest BCUT2D eigenvalue weighted by Crippen LogP contribution is 2.32. The van der Waals surface area contributed by atoms with Gasteiger partial charge in [-0.15, -0.1) is 5.10 Å². The molecule has 2 amide bonds. The molecule has 0 bridgehead atoms. The minimum Gasteiger partial charge on any atom is -0.447 e. The Morgan fingerprint density at radius 2 is 2.08 bits per heavy atom. The van der Waals surface area contributed by atoms with Crippen LogP contribution in [0.3, 0.4) is 0 Å². The second-order valence-electron chi connectivity index (χ2n) is 7.60. The molecule has 0 radical (unpaired) electrons. The topological polar surface area (TPSA) is 101 Å². The van der Waals surface area contributed by atoms with Gasteiger partial charge in [-0.1, -0.05) is 51.1 Å². The van der Waals surface area contributed by atoms with Gasteiger partial charge in [-0.3, -0.25) is 4.79 Å². The Morgan fingerprint density at radius 1 is 1.35 bits per heavy atom. The lowest BCUT2D eigenvalue weighted by Gasteiger charge is -2.32. The molecule has 1 saturated heterocycles. The lowest BCUT2D eigenvalue weighted by atomic mass is 9.77. The highest BCUT2D eigenvalue weighted by Gasteiger charge is 2.44. The van der Waals surface area contributed by atoms with E-state index in [0.717, 1.165) is 5.56 Å². The van der Waals surface area contributed by atoms with E-state index in [1.165, 1.54) is 4.90 Å². The summed E-state index contributed by atoms with van der Waals surface area (Å²) in [7, 11) is 0. The first-order valence-corrected chi connectivity index (χ1v) is 8.62. The molecule has 0 spiro atoms. The van der Waals surface area contributed by atoms with Crippen LogP contribution in [0.25, 0.3) is 0 Å². The zero-order valence-corrected chi connectivity index (χ0v) is 15.2. The molecule has 0 unspecified atom stereocenters. The number of rotatable bonds is 5. The fourth-order valence-corrected chi connectivity index (χ4v) is 3.16. The number of aromatic nitrogens is 4. The number of amides is 2. The lowest BCUT2D eigenvalue weighted by molar-refractivity contribution is -0.136. The standard InChI is InChI=1S/C18H23N5O3/c1-18(2,3)14(10-15-19-21-22-20-15)16(24)23-13(11-26-17(23)25)9-12-7-5-4-6-8-12/h4-8,13-14H,9-11H2,1-3H3,(H,19,20,21,22)/t13-,14+/m1/s1. The normalized spacial score (nSPS) is 18.7. The van der Waals surface area contributed by atoms with Crippen molar-refractivity contribution in [1.29, 1.82) is 0 Å². The zero-order chi connectivity index (χ0) is 18.7. The molecule has 1 fully saturated rings. The highest BCUT2D eigenvalue weighted by molar-refractivity contribution is 5.95. The first kappa shape index (κ1) is 18.0. The van der Waals surface area contributed by atoms with E-state index in [1.807, 2.05) is 51.1 Å². The van der Waals surface area contributed by atoms with Gasteiger partial charge in [0.25, 0.3) is 0 Å². The van der Waals surface area contributed by atoms with Gasteiger partial charge >= 0.3 is 6.09 Å². The Balaban J connectivity index is 1.82. The van der Waals surface area contributed by atoms with Crippen molar-refractivity contribution in [2.45, 2.75) is 39.7 Å². The van der Waals surface area contributed by atoms with Gasteiger partial charge in [0.1, 0.15) is 12.4 Å². The number of ether oxygens (including phenoxy) is 1. The summed E-state index contributed by atoms with van der Waals surface area (Å²) in [6, 6.07) is 9.46. The largest absolute Gasteiger partial charge is 0.447 e. The van der Waals surface area contributed by atoms with E-state index in [0.29, 0.717) is 18.7 Å². The molecule has 8 nitrogen and oxygen atoms in total. The Bertz CT molecular complexity index is 755. The van der Waals surface area contributed by atoms with Crippen LogP contribution in [0.4, 0.5) is 4.79 Å². The van der Waals surface area contributed by atoms with E-state index in [1.54, 1.807) is 0 Å². The summed E-state index contributed by atoms with van der Waals surface area (Å²) in [6.45, 7) is 6.10. The van der Waals surface area contributed by atoms with Gasteiger partial charge in [0.15, 0.2) is 0 Å². The third-order valence-corrected chi connectivity index (χ3v) is 4.64. The molecule has 0 aliphatic carbocycles. The molecular weight excluding hydrogens is 334 g/mol. The average molecular weight is 357 g/mol. The number of H-pyrrole nitrogens is 1. The van der Waals surface area contributed by atoms with Crippen molar-refractivity contribution >= 4 is 12.0 Å². The predicted octanol–water partition coefficient (Wildman–Crippen LogP) is 1.99.